The van der Waals surface area contributed by atoms with Crippen molar-refractivity contribution in [3.8, 4) is 22.6 Å². The van der Waals surface area contributed by atoms with E-state index in [0.717, 1.165) is 28.6 Å². The minimum absolute atomic E-state index is 0.0335. The van der Waals surface area contributed by atoms with Gasteiger partial charge >= 0.3 is 0 Å². The van der Waals surface area contributed by atoms with Crippen LogP contribution in [0.4, 0.5) is 17.1 Å². The lowest BCUT2D eigenvalue weighted by Gasteiger charge is -2.48. The van der Waals surface area contributed by atoms with Crippen LogP contribution >= 0.6 is 0 Å². The van der Waals surface area contributed by atoms with E-state index >= 15 is 0 Å². The molecule has 292 valence electrons. The summed E-state index contributed by atoms with van der Waals surface area (Å²) in [5, 5.41) is 8.35. The number of para-hydroxylation sites is 3. The second kappa shape index (κ2) is 14.2. The lowest BCUT2D eigenvalue weighted by molar-refractivity contribution is 0.488. The van der Waals surface area contributed by atoms with E-state index in [9.17, 15) is 0 Å². The van der Waals surface area contributed by atoms with E-state index in [4.69, 9.17) is 4.74 Å². The van der Waals surface area contributed by atoms with Crippen molar-refractivity contribution in [1.82, 2.24) is 0 Å². The Morgan fingerprint density at radius 3 is 1.51 bits per heavy atom. The fraction of sp³-hybridized carbons (Fsp3) is 0. The van der Waals surface area contributed by atoms with Crippen molar-refractivity contribution in [2.24, 2.45) is 0 Å². The number of anilines is 3. The van der Waals surface area contributed by atoms with Crippen LogP contribution in [-0.4, -0.2) is 21.5 Å². The molecule has 0 bridgehead atoms. The summed E-state index contributed by atoms with van der Waals surface area (Å²) >= 11 is 0. The van der Waals surface area contributed by atoms with E-state index in [2.05, 4.69) is 241 Å². The normalized spacial score (nSPS) is 13.6. The molecule has 0 radical (unpaired) electrons. The van der Waals surface area contributed by atoms with Gasteiger partial charge in [-0.15, -0.1) is 0 Å². The average Bonchev–Trinajstić information content (AvgIpc) is 3.35. The maximum Gasteiger partial charge on any atom is 0.250 e. The smallest absolute Gasteiger partial charge is 0.250 e. The fourth-order valence-electron chi connectivity index (χ4n) is 11.5. The van der Waals surface area contributed by atoms with Gasteiger partial charge in [0.15, 0.2) is 8.07 Å². The predicted molar refractivity (Wildman–Crippen MR) is 270 cm³/mol. The lowest BCUT2D eigenvalue weighted by Crippen LogP contribution is -2.93. The van der Waals surface area contributed by atoms with E-state index in [0.29, 0.717) is 0 Å². The van der Waals surface area contributed by atoms with Crippen molar-refractivity contribution in [2.45, 2.75) is 0 Å². The molecule has 0 saturated carbocycles. The first-order valence-electron chi connectivity index (χ1n) is 22.0. The number of nitrogens with zero attached hydrogens (tertiary/aromatic N) is 1. The number of ether oxygens (including phenoxy) is 1. The van der Waals surface area contributed by atoms with Gasteiger partial charge in [0.1, 0.15) is 11.5 Å². The number of benzene rings is 10. The summed E-state index contributed by atoms with van der Waals surface area (Å²) in [6.45, 7) is 0.139. The summed E-state index contributed by atoms with van der Waals surface area (Å²) in [5.41, 5.74) is 13.9. The molecule has 0 saturated heterocycles. The molecular weight excluding hydrogens is 776 g/mol. The van der Waals surface area contributed by atoms with E-state index in [1.54, 1.807) is 0 Å². The third-order valence-corrected chi connectivity index (χ3v) is 19.0. The van der Waals surface area contributed by atoms with Gasteiger partial charge in [-0.2, -0.15) is 0 Å². The van der Waals surface area contributed by atoms with Crippen LogP contribution in [-0.2, 0) is 0 Å². The van der Waals surface area contributed by atoms with E-state index in [1.807, 2.05) is 0 Å². The van der Waals surface area contributed by atoms with Gasteiger partial charge in [0, 0.05) is 17.1 Å². The van der Waals surface area contributed by atoms with E-state index < -0.39 is 8.07 Å². The number of fused-ring (bicyclic) bond motifs is 11. The summed E-state index contributed by atoms with van der Waals surface area (Å²) in [4.78, 5) is 2.33. The average molecular weight is 816 g/mol. The molecule has 3 heterocycles. The van der Waals surface area contributed by atoms with Crippen molar-refractivity contribution in [3.05, 3.63) is 237 Å². The molecular formula is C58H39B2NOSi. The molecule has 0 aromatic heterocycles. The molecule has 0 amide bonds. The highest BCUT2D eigenvalue weighted by molar-refractivity contribution is 7.31. The van der Waals surface area contributed by atoms with Crippen molar-refractivity contribution in [2.75, 3.05) is 4.90 Å². The molecule has 0 atom stereocenters. The molecule has 3 aliphatic heterocycles. The Balaban J connectivity index is 1.01. The van der Waals surface area contributed by atoms with Crippen molar-refractivity contribution in [1.29, 1.82) is 0 Å². The second-order valence-electron chi connectivity index (χ2n) is 17.1. The highest BCUT2D eigenvalue weighted by atomic mass is 28.3. The van der Waals surface area contributed by atoms with Gasteiger partial charge < -0.3 is 9.64 Å². The predicted octanol–water partition coefficient (Wildman–Crippen LogP) is 7.12. The number of hydrogen-bond donors (Lipinski definition) is 0. The van der Waals surface area contributed by atoms with Crippen LogP contribution in [0, 0.1) is 0 Å². The third-order valence-electron chi connectivity index (χ3n) is 13.9. The molecule has 3 aliphatic rings. The van der Waals surface area contributed by atoms with Crippen LogP contribution in [0.2, 0.25) is 0 Å². The summed E-state index contributed by atoms with van der Waals surface area (Å²) in [6.07, 6.45) is 0. The van der Waals surface area contributed by atoms with Gasteiger partial charge in [-0.25, -0.2) is 0 Å². The molecule has 13 rings (SSSR count). The Bertz CT molecular complexity index is 3320. The molecule has 0 aliphatic carbocycles. The van der Waals surface area contributed by atoms with Gasteiger partial charge in [0.2, 0.25) is 6.71 Å². The van der Waals surface area contributed by atoms with Crippen molar-refractivity contribution in [3.63, 3.8) is 0 Å². The maximum absolute atomic E-state index is 6.82. The molecule has 0 fully saturated rings. The fourth-order valence-corrected chi connectivity index (χ4v) is 17.2. The van der Waals surface area contributed by atoms with E-state index in [1.165, 1.54) is 75.4 Å². The zero-order chi connectivity index (χ0) is 41.5. The van der Waals surface area contributed by atoms with Gasteiger partial charge in [-0.3, -0.25) is 0 Å². The van der Waals surface area contributed by atoms with Crippen LogP contribution < -0.4 is 63.2 Å². The highest BCUT2D eigenvalue weighted by Gasteiger charge is 2.56. The minimum Gasteiger partial charge on any atom is -0.458 e. The zero-order valence-corrected chi connectivity index (χ0v) is 35.5. The Morgan fingerprint density at radius 2 is 0.857 bits per heavy atom. The Morgan fingerprint density at radius 1 is 0.365 bits per heavy atom. The number of hydrogen-bond acceptors (Lipinski definition) is 2. The zero-order valence-electron chi connectivity index (χ0n) is 34.5. The molecule has 10 aromatic carbocycles. The largest absolute Gasteiger partial charge is 0.458 e. The first kappa shape index (κ1) is 36.1. The molecule has 10 aromatic rings. The molecule has 2 nitrogen and oxygen atoms in total. The van der Waals surface area contributed by atoms with Gasteiger partial charge in [-0.05, 0) is 102 Å². The summed E-state index contributed by atoms with van der Waals surface area (Å²) in [7, 11) is -2.89. The van der Waals surface area contributed by atoms with Crippen LogP contribution in [0.15, 0.2) is 237 Å². The van der Waals surface area contributed by atoms with Crippen LogP contribution in [0.1, 0.15) is 0 Å². The Hall–Kier alpha value is -7.59. The SMILES string of the molecule is c1ccc(N(c2ccccc2)c2ccc(-c3cc(B4c5ccccc5[Si]5(c6ccccc64)c4ccccc4B4c6ccccc6Oc6cccc5c64)cc4ccccc34)cc2)cc1. The maximum atomic E-state index is 6.82. The number of rotatable bonds is 5. The Kier molecular flexibility index (Phi) is 8.16. The van der Waals surface area contributed by atoms with Gasteiger partial charge in [-0.1, -0.05) is 210 Å². The first-order chi connectivity index (χ1) is 31.3. The Labute approximate surface area is 369 Å². The van der Waals surface area contributed by atoms with Crippen molar-refractivity contribution < 1.29 is 4.74 Å². The van der Waals surface area contributed by atoms with Crippen LogP contribution in [0.25, 0.3) is 21.9 Å². The van der Waals surface area contributed by atoms with E-state index in [-0.39, 0.29) is 13.4 Å². The van der Waals surface area contributed by atoms with Crippen LogP contribution in [0.3, 0.4) is 0 Å². The van der Waals surface area contributed by atoms with Crippen LogP contribution in [0.5, 0.6) is 11.5 Å². The monoisotopic (exact) mass is 815 g/mol. The standard InChI is InChI=1S/C58H39B2NOSi/c1-3-19-43(20-4-1)61(44-21-5-2-6-22-44)45-36-34-40(35-37-45)47-39-42(38-41-18-7-8-23-46(41)47)59-49-25-10-14-30-54(49)63(55-31-15-11-26-50(55)59)56-32-16-12-27-51(56)60-48-24-9-13-28-52(48)62-53-29-17-33-57(63)58(53)60/h1-39H. The summed E-state index contributed by atoms with van der Waals surface area (Å²) in [6, 6.07) is 88.0. The summed E-state index contributed by atoms with van der Waals surface area (Å²) < 4.78 is 6.82. The first-order valence-corrected chi connectivity index (χ1v) is 24.0. The molecule has 5 heteroatoms. The molecule has 1 spiro atoms. The third kappa shape index (κ3) is 5.33. The minimum atomic E-state index is -2.89. The summed E-state index contributed by atoms with van der Waals surface area (Å²) in [5.74, 6) is 1.94. The topological polar surface area (TPSA) is 12.5 Å². The van der Waals surface area contributed by atoms with Gasteiger partial charge in [0.05, 0.1) is 0 Å². The van der Waals surface area contributed by atoms with Crippen molar-refractivity contribution >= 4 is 103 Å². The quantitative estimate of drug-likeness (QED) is 0.172. The second-order valence-corrected chi connectivity index (χ2v) is 20.7. The van der Waals surface area contributed by atoms with Gasteiger partial charge in [0.25, 0.3) is 6.71 Å². The molecule has 0 N–H and O–H groups in total. The molecule has 0 unspecified atom stereocenters. The lowest BCUT2D eigenvalue weighted by atomic mass is 9.35. The molecule has 63 heavy (non-hydrogen) atoms. The highest BCUT2D eigenvalue weighted by Crippen LogP contribution is 2.37.